The first-order valence-corrected chi connectivity index (χ1v) is 7.29. The molecule has 0 unspecified atom stereocenters. The second-order valence-electron chi connectivity index (χ2n) is 4.61. The molecular formula is C15H16N2O3S. The molecule has 0 bridgehead atoms. The number of hydrogen-bond donors (Lipinski definition) is 1. The molecule has 0 aromatic heterocycles. The second kappa shape index (κ2) is 6.49. The van der Waals surface area contributed by atoms with Gasteiger partial charge < -0.3 is 10.5 Å². The number of rotatable bonds is 5. The van der Waals surface area contributed by atoms with E-state index in [9.17, 15) is 10.1 Å². The van der Waals surface area contributed by atoms with Crippen LogP contribution in [0.5, 0.6) is 5.75 Å². The molecule has 2 aromatic carbocycles. The first-order chi connectivity index (χ1) is 9.99. The monoisotopic (exact) mass is 304 g/mol. The van der Waals surface area contributed by atoms with Crippen molar-refractivity contribution < 1.29 is 9.66 Å². The van der Waals surface area contributed by atoms with E-state index in [1.165, 1.54) is 13.2 Å². The van der Waals surface area contributed by atoms with Crippen LogP contribution in [0.4, 0.5) is 11.4 Å². The van der Waals surface area contributed by atoms with Crippen molar-refractivity contribution >= 4 is 23.1 Å². The van der Waals surface area contributed by atoms with Crippen LogP contribution in [0.25, 0.3) is 0 Å². The Morgan fingerprint density at radius 1 is 1.29 bits per heavy atom. The highest BCUT2D eigenvalue weighted by molar-refractivity contribution is 7.98. The summed E-state index contributed by atoms with van der Waals surface area (Å²) in [5, 5.41) is 10.9. The van der Waals surface area contributed by atoms with Gasteiger partial charge >= 0.3 is 0 Å². The summed E-state index contributed by atoms with van der Waals surface area (Å²) in [5.41, 5.74) is 8.50. The van der Waals surface area contributed by atoms with Gasteiger partial charge in [-0.3, -0.25) is 10.1 Å². The largest absolute Gasteiger partial charge is 0.496 e. The number of ether oxygens (including phenoxy) is 1. The van der Waals surface area contributed by atoms with Gasteiger partial charge in [0.05, 0.1) is 18.1 Å². The van der Waals surface area contributed by atoms with Gasteiger partial charge in [-0.25, -0.2) is 0 Å². The summed E-state index contributed by atoms with van der Waals surface area (Å²) in [7, 11) is 1.50. The lowest BCUT2D eigenvalue weighted by molar-refractivity contribution is -0.385. The quantitative estimate of drug-likeness (QED) is 0.393. The minimum Gasteiger partial charge on any atom is -0.496 e. The Hall–Kier alpha value is -2.21. The number of nitrogen functional groups attached to an aromatic ring is 1. The van der Waals surface area contributed by atoms with Crippen LogP contribution in [0.2, 0.25) is 0 Å². The van der Waals surface area contributed by atoms with Gasteiger partial charge in [-0.05, 0) is 36.2 Å². The third kappa shape index (κ3) is 3.88. The van der Waals surface area contributed by atoms with Crippen molar-refractivity contribution in [1.82, 2.24) is 0 Å². The zero-order valence-electron chi connectivity index (χ0n) is 11.8. The van der Waals surface area contributed by atoms with E-state index in [1.54, 1.807) is 17.8 Å². The third-order valence-electron chi connectivity index (χ3n) is 3.00. The first-order valence-electron chi connectivity index (χ1n) is 6.31. The highest BCUT2D eigenvalue weighted by atomic mass is 32.2. The SMILES string of the molecule is COc1cc(CSc2cc(N)ccc2C)cc([N+](=O)[O-])c1. The van der Waals surface area contributed by atoms with Crippen LogP contribution >= 0.6 is 11.8 Å². The van der Waals surface area contributed by atoms with Gasteiger partial charge in [0.25, 0.3) is 5.69 Å². The molecule has 2 aromatic rings. The summed E-state index contributed by atoms with van der Waals surface area (Å²) in [6.07, 6.45) is 0. The Morgan fingerprint density at radius 3 is 2.71 bits per heavy atom. The molecule has 0 saturated carbocycles. The smallest absolute Gasteiger partial charge is 0.273 e. The van der Waals surface area contributed by atoms with Crippen LogP contribution in [0.3, 0.4) is 0 Å². The Bertz CT molecular complexity index is 674. The van der Waals surface area contributed by atoms with Crippen LogP contribution in [0.15, 0.2) is 41.3 Å². The number of nitrogens with zero attached hydrogens (tertiary/aromatic N) is 1. The summed E-state index contributed by atoms with van der Waals surface area (Å²) >= 11 is 1.60. The van der Waals surface area contributed by atoms with Crippen molar-refractivity contribution in [3.8, 4) is 5.75 Å². The Labute approximate surface area is 127 Å². The van der Waals surface area contributed by atoms with Gasteiger partial charge in [0.1, 0.15) is 5.75 Å². The van der Waals surface area contributed by atoms with Gasteiger partial charge in [0.2, 0.25) is 0 Å². The van der Waals surface area contributed by atoms with Crippen LogP contribution < -0.4 is 10.5 Å². The molecule has 0 aliphatic rings. The number of nitro groups is 1. The highest BCUT2D eigenvalue weighted by Crippen LogP contribution is 2.30. The molecule has 0 fully saturated rings. The molecule has 0 radical (unpaired) electrons. The number of methoxy groups -OCH3 is 1. The number of thioether (sulfide) groups is 1. The summed E-state index contributed by atoms with van der Waals surface area (Å²) in [5.74, 6) is 1.10. The van der Waals surface area contributed by atoms with Crippen LogP contribution in [-0.2, 0) is 5.75 Å². The summed E-state index contributed by atoms with van der Waals surface area (Å²) in [4.78, 5) is 11.6. The minimum absolute atomic E-state index is 0.0363. The van der Waals surface area contributed by atoms with Gasteiger partial charge in [0.15, 0.2) is 0 Å². The lowest BCUT2D eigenvalue weighted by Crippen LogP contribution is -1.93. The van der Waals surface area contributed by atoms with E-state index in [1.807, 2.05) is 31.2 Å². The van der Waals surface area contributed by atoms with Crippen molar-refractivity contribution in [2.45, 2.75) is 17.6 Å². The van der Waals surface area contributed by atoms with E-state index in [2.05, 4.69) is 0 Å². The molecule has 0 atom stereocenters. The number of nitro benzene ring substituents is 1. The van der Waals surface area contributed by atoms with Crippen molar-refractivity contribution in [2.24, 2.45) is 0 Å². The average Bonchev–Trinajstić information content (AvgIpc) is 2.47. The Balaban J connectivity index is 2.21. The van der Waals surface area contributed by atoms with Crippen LogP contribution in [0.1, 0.15) is 11.1 Å². The van der Waals surface area contributed by atoms with Crippen LogP contribution in [0, 0.1) is 17.0 Å². The number of aryl methyl sites for hydroxylation is 1. The molecule has 110 valence electrons. The van der Waals surface area contributed by atoms with Crippen molar-refractivity contribution in [2.75, 3.05) is 12.8 Å². The van der Waals surface area contributed by atoms with Crippen molar-refractivity contribution in [1.29, 1.82) is 0 Å². The fourth-order valence-corrected chi connectivity index (χ4v) is 2.89. The lowest BCUT2D eigenvalue weighted by atomic mass is 10.2. The van der Waals surface area contributed by atoms with Crippen molar-refractivity contribution in [3.05, 3.63) is 57.6 Å². The van der Waals surface area contributed by atoms with Crippen LogP contribution in [-0.4, -0.2) is 12.0 Å². The topological polar surface area (TPSA) is 78.4 Å². The first kappa shape index (κ1) is 15.2. The predicted octanol–water partition coefficient (Wildman–Crippen LogP) is 3.79. The maximum absolute atomic E-state index is 10.9. The standard InChI is InChI=1S/C15H16N2O3S/c1-10-3-4-12(16)7-15(10)21-9-11-5-13(17(18)19)8-14(6-11)20-2/h3-8H,9,16H2,1-2H3. The highest BCUT2D eigenvalue weighted by Gasteiger charge is 2.11. The molecule has 0 saturated heterocycles. The molecular weight excluding hydrogens is 288 g/mol. The molecule has 0 spiro atoms. The zero-order valence-corrected chi connectivity index (χ0v) is 12.6. The lowest BCUT2D eigenvalue weighted by Gasteiger charge is -2.08. The summed E-state index contributed by atoms with van der Waals surface area (Å²) in [6, 6.07) is 10.5. The molecule has 2 rings (SSSR count). The van der Waals surface area contributed by atoms with Gasteiger partial charge in [-0.2, -0.15) is 0 Å². The summed E-state index contributed by atoms with van der Waals surface area (Å²) in [6.45, 7) is 2.01. The van der Waals surface area contributed by atoms with E-state index in [0.717, 1.165) is 16.0 Å². The number of nitrogens with two attached hydrogens (primary N) is 1. The second-order valence-corrected chi connectivity index (χ2v) is 5.63. The van der Waals surface area contributed by atoms with E-state index >= 15 is 0 Å². The Morgan fingerprint density at radius 2 is 2.05 bits per heavy atom. The van der Waals surface area contributed by atoms with Crippen molar-refractivity contribution in [3.63, 3.8) is 0 Å². The maximum Gasteiger partial charge on any atom is 0.273 e. The summed E-state index contributed by atoms with van der Waals surface area (Å²) < 4.78 is 5.11. The van der Waals surface area contributed by atoms with E-state index < -0.39 is 4.92 Å². The fourth-order valence-electron chi connectivity index (χ4n) is 1.88. The van der Waals surface area contributed by atoms with Gasteiger partial charge in [0, 0.05) is 22.4 Å². The molecule has 0 aliphatic heterocycles. The molecule has 6 heteroatoms. The van der Waals surface area contributed by atoms with E-state index in [-0.39, 0.29) is 5.69 Å². The fraction of sp³-hybridized carbons (Fsp3) is 0.200. The van der Waals surface area contributed by atoms with E-state index in [0.29, 0.717) is 17.2 Å². The number of benzene rings is 2. The van der Waals surface area contributed by atoms with Gasteiger partial charge in [-0.1, -0.05) is 6.07 Å². The molecule has 0 amide bonds. The zero-order chi connectivity index (χ0) is 15.4. The van der Waals surface area contributed by atoms with E-state index in [4.69, 9.17) is 10.5 Å². The van der Waals surface area contributed by atoms with Gasteiger partial charge in [-0.15, -0.1) is 11.8 Å². The molecule has 0 heterocycles. The predicted molar refractivity (Wildman–Crippen MR) is 84.8 cm³/mol. The average molecular weight is 304 g/mol. The number of non-ortho nitro benzene ring substituents is 1. The molecule has 2 N–H and O–H groups in total. The third-order valence-corrected chi connectivity index (χ3v) is 4.23. The maximum atomic E-state index is 10.9. The molecule has 21 heavy (non-hydrogen) atoms. The normalized spacial score (nSPS) is 10.4. The minimum atomic E-state index is -0.414. The molecule has 0 aliphatic carbocycles. The number of anilines is 1. The Kier molecular flexibility index (Phi) is 4.70. The number of hydrogen-bond acceptors (Lipinski definition) is 5. The molecule has 5 nitrogen and oxygen atoms in total.